The molecule has 2 aromatic rings. The van der Waals surface area contributed by atoms with E-state index in [1.54, 1.807) is 6.07 Å². The number of nitrogens with one attached hydrogen (secondary N) is 2. The van der Waals surface area contributed by atoms with Gasteiger partial charge in [-0.3, -0.25) is 0 Å². The minimum atomic E-state index is 0.615. The zero-order valence-corrected chi connectivity index (χ0v) is 12.7. The van der Waals surface area contributed by atoms with E-state index >= 15 is 0 Å². The van der Waals surface area contributed by atoms with E-state index in [2.05, 4.69) is 51.9 Å². The second-order valence-electron chi connectivity index (χ2n) is 4.98. The third-order valence-corrected chi connectivity index (χ3v) is 3.28. The standard InChI is InChI=1S/C16H23N5/c1-3-5-6-12-7-9-13(10-8-12)18-15-11-16(21-17)20-14(4-2)19-15/h7-11H,3-6,17H2,1-2H3,(H2,18,19,20,21). The van der Waals surface area contributed by atoms with Gasteiger partial charge >= 0.3 is 0 Å². The van der Waals surface area contributed by atoms with Crippen LogP contribution in [0.5, 0.6) is 0 Å². The summed E-state index contributed by atoms with van der Waals surface area (Å²) in [5, 5.41) is 3.29. The molecule has 0 amide bonds. The van der Waals surface area contributed by atoms with Crippen molar-refractivity contribution < 1.29 is 0 Å². The molecule has 21 heavy (non-hydrogen) atoms. The quantitative estimate of drug-likeness (QED) is 0.537. The molecule has 1 aromatic heterocycles. The van der Waals surface area contributed by atoms with E-state index in [9.17, 15) is 0 Å². The predicted molar refractivity (Wildman–Crippen MR) is 87.6 cm³/mol. The van der Waals surface area contributed by atoms with Crippen molar-refractivity contribution in [2.45, 2.75) is 39.5 Å². The van der Waals surface area contributed by atoms with Crippen LogP contribution in [-0.4, -0.2) is 9.97 Å². The topological polar surface area (TPSA) is 75.9 Å². The number of hydrogen-bond acceptors (Lipinski definition) is 5. The minimum Gasteiger partial charge on any atom is -0.340 e. The highest BCUT2D eigenvalue weighted by Gasteiger charge is 2.03. The van der Waals surface area contributed by atoms with Crippen LogP contribution in [0.4, 0.5) is 17.3 Å². The van der Waals surface area contributed by atoms with Gasteiger partial charge in [-0.1, -0.05) is 32.4 Å². The first-order chi connectivity index (χ1) is 10.2. The van der Waals surface area contributed by atoms with Crippen LogP contribution in [0.1, 0.15) is 38.1 Å². The normalized spacial score (nSPS) is 10.4. The molecule has 0 saturated carbocycles. The van der Waals surface area contributed by atoms with E-state index in [-0.39, 0.29) is 0 Å². The van der Waals surface area contributed by atoms with Gasteiger partial charge in [0.1, 0.15) is 17.5 Å². The molecule has 1 aromatic carbocycles. The predicted octanol–water partition coefficient (Wildman–Crippen LogP) is 3.41. The van der Waals surface area contributed by atoms with Gasteiger partial charge in [0.05, 0.1) is 0 Å². The van der Waals surface area contributed by atoms with Gasteiger partial charge in [-0.2, -0.15) is 0 Å². The number of hydrogen-bond donors (Lipinski definition) is 3. The van der Waals surface area contributed by atoms with Gasteiger partial charge in [0.25, 0.3) is 0 Å². The third kappa shape index (κ3) is 4.43. The summed E-state index contributed by atoms with van der Waals surface area (Å²) < 4.78 is 0. The Labute approximate surface area is 126 Å². The molecule has 0 radical (unpaired) electrons. The van der Waals surface area contributed by atoms with E-state index in [1.165, 1.54) is 18.4 Å². The van der Waals surface area contributed by atoms with Crippen molar-refractivity contribution in [2.24, 2.45) is 5.84 Å². The van der Waals surface area contributed by atoms with Crippen molar-refractivity contribution in [1.29, 1.82) is 0 Å². The van der Waals surface area contributed by atoms with Crippen molar-refractivity contribution in [3.63, 3.8) is 0 Å². The van der Waals surface area contributed by atoms with Crippen molar-refractivity contribution in [1.82, 2.24) is 9.97 Å². The summed E-state index contributed by atoms with van der Waals surface area (Å²) in [6.07, 6.45) is 4.34. The minimum absolute atomic E-state index is 0.615. The van der Waals surface area contributed by atoms with Gasteiger partial charge < -0.3 is 10.7 Å². The van der Waals surface area contributed by atoms with E-state index in [0.717, 1.165) is 30.2 Å². The van der Waals surface area contributed by atoms with E-state index in [0.29, 0.717) is 5.82 Å². The smallest absolute Gasteiger partial charge is 0.145 e. The number of rotatable bonds is 7. The fraction of sp³-hybridized carbons (Fsp3) is 0.375. The number of anilines is 3. The molecule has 112 valence electrons. The zero-order valence-electron chi connectivity index (χ0n) is 12.7. The monoisotopic (exact) mass is 285 g/mol. The van der Waals surface area contributed by atoms with Gasteiger partial charge in [0.15, 0.2) is 0 Å². The van der Waals surface area contributed by atoms with Crippen molar-refractivity contribution in [3.05, 3.63) is 41.7 Å². The summed E-state index contributed by atoms with van der Waals surface area (Å²) in [5.74, 6) is 7.55. The number of aromatic nitrogens is 2. The molecule has 5 heteroatoms. The molecule has 0 saturated heterocycles. The molecular weight excluding hydrogens is 262 g/mol. The molecule has 0 fully saturated rings. The van der Waals surface area contributed by atoms with E-state index in [4.69, 9.17) is 5.84 Å². The first kappa shape index (κ1) is 15.3. The van der Waals surface area contributed by atoms with Gasteiger partial charge in [-0.25, -0.2) is 15.8 Å². The zero-order chi connectivity index (χ0) is 15.1. The molecule has 4 N–H and O–H groups in total. The number of nitrogen functional groups attached to an aromatic ring is 1. The fourth-order valence-corrected chi connectivity index (χ4v) is 2.08. The average molecular weight is 285 g/mol. The number of nitrogens with two attached hydrogens (primary N) is 1. The Kier molecular flexibility index (Phi) is 5.51. The number of aryl methyl sites for hydroxylation is 2. The van der Waals surface area contributed by atoms with Crippen LogP contribution in [0, 0.1) is 0 Å². The Morgan fingerprint density at radius 2 is 1.76 bits per heavy atom. The van der Waals surface area contributed by atoms with Crippen molar-refractivity contribution in [3.8, 4) is 0 Å². The molecule has 5 nitrogen and oxygen atoms in total. The lowest BCUT2D eigenvalue weighted by atomic mass is 10.1. The van der Waals surface area contributed by atoms with Gasteiger partial charge in [0.2, 0.25) is 0 Å². The number of benzene rings is 1. The number of nitrogens with zero attached hydrogens (tertiary/aromatic N) is 2. The third-order valence-electron chi connectivity index (χ3n) is 3.28. The summed E-state index contributed by atoms with van der Waals surface area (Å²) in [5.41, 5.74) is 4.95. The Bertz CT molecular complexity index is 543. The summed E-state index contributed by atoms with van der Waals surface area (Å²) >= 11 is 0. The molecule has 0 aliphatic carbocycles. The highest BCUT2D eigenvalue weighted by Crippen LogP contribution is 2.18. The molecule has 0 aliphatic rings. The van der Waals surface area contributed by atoms with Crippen LogP contribution in [0.25, 0.3) is 0 Å². The van der Waals surface area contributed by atoms with E-state index in [1.807, 2.05) is 6.92 Å². The number of unbranched alkanes of at least 4 members (excludes halogenated alkanes) is 1. The Hall–Kier alpha value is -2.14. The molecule has 1 heterocycles. The highest BCUT2D eigenvalue weighted by atomic mass is 15.3. The molecule has 0 aliphatic heterocycles. The van der Waals surface area contributed by atoms with Crippen molar-refractivity contribution in [2.75, 3.05) is 10.7 Å². The SMILES string of the molecule is CCCCc1ccc(Nc2cc(NN)nc(CC)n2)cc1. The second-order valence-corrected chi connectivity index (χ2v) is 4.98. The fourth-order valence-electron chi connectivity index (χ4n) is 2.08. The molecular formula is C16H23N5. The van der Waals surface area contributed by atoms with Gasteiger partial charge in [-0.15, -0.1) is 0 Å². The van der Waals surface area contributed by atoms with Crippen LogP contribution in [-0.2, 0) is 12.8 Å². The maximum absolute atomic E-state index is 5.43. The van der Waals surface area contributed by atoms with Crippen LogP contribution in [0.3, 0.4) is 0 Å². The maximum Gasteiger partial charge on any atom is 0.145 e. The number of hydrazine groups is 1. The van der Waals surface area contributed by atoms with E-state index < -0.39 is 0 Å². The summed E-state index contributed by atoms with van der Waals surface area (Å²) in [7, 11) is 0. The largest absolute Gasteiger partial charge is 0.340 e. The lowest BCUT2D eigenvalue weighted by Crippen LogP contribution is -2.11. The van der Waals surface area contributed by atoms with Crippen molar-refractivity contribution >= 4 is 17.3 Å². The Balaban J connectivity index is 2.10. The van der Waals surface area contributed by atoms with Crippen LogP contribution < -0.4 is 16.6 Å². The first-order valence-corrected chi connectivity index (χ1v) is 7.45. The molecule has 0 atom stereocenters. The molecule has 0 spiro atoms. The Morgan fingerprint density at radius 1 is 1.05 bits per heavy atom. The first-order valence-electron chi connectivity index (χ1n) is 7.45. The second kappa shape index (κ2) is 7.59. The Morgan fingerprint density at radius 3 is 2.38 bits per heavy atom. The summed E-state index contributed by atoms with van der Waals surface area (Å²) in [6.45, 7) is 4.22. The highest BCUT2D eigenvalue weighted by molar-refractivity contribution is 5.59. The van der Waals surface area contributed by atoms with Crippen LogP contribution in [0.2, 0.25) is 0 Å². The molecule has 0 bridgehead atoms. The van der Waals surface area contributed by atoms with Gasteiger partial charge in [0, 0.05) is 18.2 Å². The average Bonchev–Trinajstić information content (AvgIpc) is 2.53. The summed E-state index contributed by atoms with van der Waals surface area (Å²) in [6, 6.07) is 10.3. The van der Waals surface area contributed by atoms with Crippen LogP contribution in [0.15, 0.2) is 30.3 Å². The molecule has 2 rings (SSSR count). The lowest BCUT2D eigenvalue weighted by molar-refractivity contribution is 0.795. The maximum atomic E-state index is 5.43. The molecule has 0 unspecified atom stereocenters. The lowest BCUT2D eigenvalue weighted by Gasteiger charge is -2.09. The summed E-state index contributed by atoms with van der Waals surface area (Å²) in [4.78, 5) is 8.72. The van der Waals surface area contributed by atoms with Crippen LogP contribution >= 0.6 is 0 Å². The van der Waals surface area contributed by atoms with Gasteiger partial charge in [-0.05, 0) is 30.5 Å².